The molecule has 0 aliphatic rings. The fourth-order valence-corrected chi connectivity index (χ4v) is 2.49. The first-order valence-electron chi connectivity index (χ1n) is 8.05. The minimum atomic E-state index is -1.07. The van der Waals surface area contributed by atoms with Crippen LogP contribution in [0.15, 0.2) is 34.7 Å². The molecule has 2 rings (SSSR count). The van der Waals surface area contributed by atoms with Crippen LogP contribution in [0.1, 0.15) is 45.1 Å². The normalized spacial score (nSPS) is 10.4. The zero-order valence-electron chi connectivity index (χ0n) is 14.9. The number of carboxylic acids is 1. The van der Waals surface area contributed by atoms with Crippen LogP contribution in [0.3, 0.4) is 0 Å². The van der Waals surface area contributed by atoms with Crippen molar-refractivity contribution in [1.29, 1.82) is 0 Å². The molecule has 0 radical (unpaired) electrons. The van der Waals surface area contributed by atoms with Gasteiger partial charge in [-0.3, -0.25) is 9.59 Å². The minimum absolute atomic E-state index is 0.0623. The van der Waals surface area contributed by atoms with Crippen LogP contribution < -0.4 is 4.74 Å². The van der Waals surface area contributed by atoms with Crippen molar-refractivity contribution in [3.05, 3.63) is 53.0 Å². The number of ketones is 1. The van der Waals surface area contributed by atoms with Crippen LogP contribution >= 0.6 is 0 Å². The van der Waals surface area contributed by atoms with Crippen LogP contribution in [-0.4, -0.2) is 41.8 Å². The Morgan fingerprint density at radius 2 is 1.81 bits per heavy atom. The van der Waals surface area contributed by atoms with Crippen LogP contribution in [0.4, 0.5) is 0 Å². The number of carboxylic acid groups (broad SMARTS) is 1. The van der Waals surface area contributed by atoms with Crippen LogP contribution in [0.2, 0.25) is 0 Å². The third-order valence-electron chi connectivity index (χ3n) is 4.00. The van der Waals surface area contributed by atoms with Crippen LogP contribution in [0, 0.1) is 6.92 Å². The topological polar surface area (TPSA) is 97.1 Å². The third-order valence-corrected chi connectivity index (χ3v) is 4.00. The van der Waals surface area contributed by atoms with Crippen molar-refractivity contribution in [2.24, 2.45) is 0 Å². The number of furan rings is 1. The van der Waals surface area contributed by atoms with Gasteiger partial charge in [0.25, 0.3) is 0 Å². The van der Waals surface area contributed by atoms with E-state index >= 15 is 0 Å². The van der Waals surface area contributed by atoms with Gasteiger partial charge < -0.3 is 19.2 Å². The Morgan fingerprint density at radius 3 is 2.35 bits per heavy atom. The highest BCUT2D eigenvalue weighted by atomic mass is 16.5. The lowest BCUT2D eigenvalue weighted by Gasteiger charge is -2.15. The van der Waals surface area contributed by atoms with Crippen molar-refractivity contribution in [3.8, 4) is 5.75 Å². The maximum Gasteiger partial charge on any atom is 0.339 e. The van der Waals surface area contributed by atoms with E-state index < -0.39 is 5.97 Å². The number of aryl methyl sites for hydroxylation is 1. The van der Waals surface area contributed by atoms with Gasteiger partial charge in [0.1, 0.15) is 22.8 Å². The maximum atomic E-state index is 12.2. The van der Waals surface area contributed by atoms with Gasteiger partial charge in [-0.15, -0.1) is 0 Å². The summed E-state index contributed by atoms with van der Waals surface area (Å²) in [6.07, 6.45) is 0.153. The summed E-state index contributed by atoms with van der Waals surface area (Å²) >= 11 is 0. The molecule has 0 saturated heterocycles. The molecule has 26 heavy (non-hydrogen) atoms. The molecule has 1 N–H and O–H groups in total. The SMILES string of the molecule is COc1ccc(C(=O)CCC(=O)N(C)Cc2cc(C(=O)O)c(C)o2)cc1. The van der Waals surface area contributed by atoms with Gasteiger partial charge in [-0.2, -0.15) is 0 Å². The molecule has 1 amide bonds. The van der Waals surface area contributed by atoms with Crippen LogP contribution in [0.25, 0.3) is 0 Å². The number of carbonyl (C=O) groups is 3. The zero-order valence-corrected chi connectivity index (χ0v) is 14.9. The van der Waals surface area contributed by atoms with Gasteiger partial charge in [-0.05, 0) is 37.3 Å². The monoisotopic (exact) mass is 359 g/mol. The average Bonchev–Trinajstić information content (AvgIpc) is 2.99. The summed E-state index contributed by atoms with van der Waals surface area (Å²) in [6, 6.07) is 8.12. The number of carbonyl (C=O) groups excluding carboxylic acids is 2. The summed E-state index contributed by atoms with van der Waals surface area (Å²) in [5.41, 5.74) is 0.601. The lowest BCUT2D eigenvalue weighted by atomic mass is 10.1. The lowest BCUT2D eigenvalue weighted by molar-refractivity contribution is -0.130. The number of rotatable bonds is 8. The van der Waals surface area contributed by atoms with Gasteiger partial charge in [0, 0.05) is 25.5 Å². The quantitative estimate of drug-likeness (QED) is 0.728. The Labute approximate surface area is 151 Å². The summed E-state index contributed by atoms with van der Waals surface area (Å²) < 4.78 is 10.4. The molecule has 0 saturated carbocycles. The van der Waals surface area contributed by atoms with Crippen molar-refractivity contribution in [2.45, 2.75) is 26.3 Å². The van der Waals surface area contributed by atoms with Crippen molar-refractivity contribution < 1.29 is 28.6 Å². The highest BCUT2D eigenvalue weighted by molar-refractivity contribution is 5.98. The predicted octanol–water partition coefficient (Wildman–Crippen LogP) is 2.92. The summed E-state index contributed by atoms with van der Waals surface area (Å²) in [6.45, 7) is 1.70. The number of hydrogen-bond donors (Lipinski definition) is 1. The summed E-state index contributed by atoms with van der Waals surface area (Å²) in [7, 11) is 3.13. The van der Waals surface area contributed by atoms with Gasteiger partial charge in [0.2, 0.25) is 5.91 Å². The molecule has 0 aliphatic carbocycles. The van der Waals surface area contributed by atoms with Gasteiger partial charge >= 0.3 is 5.97 Å². The molecular weight excluding hydrogens is 338 g/mol. The van der Waals surface area contributed by atoms with E-state index in [1.54, 1.807) is 45.3 Å². The zero-order chi connectivity index (χ0) is 19.3. The van der Waals surface area contributed by atoms with Gasteiger partial charge in [-0.1, -0.05) is 0 Å². The van der Waals surface area contributed by atoms with Gasteiger partial charge in [-0.25, -0.2) is 4.79 Å². The van der Waals surface area contributed by atoms with E-state index in [4.69, 9.17) is 14.3 Å². The second kappa shape index (κ2) is 8.33. The number of hydrogen-bond acceptors (Lipinski definition) is 5. The van der Waals surface area contributed by atoms with Crippen LogP contribution in [-0.2, 0) is 11.3 Å². The lowest BCUT2D eigenvalue weighted by Crippen LogP contribution is -2.26. The number of nitrogens with zero attached hydrogens (tertiary/aromatic N) is 1. The largest absolute Gasteiger partial charge is 0.497 e. The Morgan fingerprint density at radius 1 is 1.15 bits per heavy atom. The Hall–Kier alpha value is -3.09. The van der Waals surface area contributed by atoms with E-state index in [-0.39, 0.29) is 36.6 Å². The van der Waals surface area contributed by atoms with Crippen LogP contribution in [0.5, 0.6) is 5.75 Å². The highest BCUT2D eigenvalue weighted by Crippen LogP contribution is 2.17. The molecule has 0 spiro atoms. The molecule has 0 bridgehead atoms. The molecule has 0 unspecified atom stereocenters. The first-order valence-corrected chi connectivity index (χ1v) is 8.05. The molecule has 7 heteroatoms. The van der Waals surface area contributed by atoms with Crippen molar-refractivity contribution >= 4 is 17.7 Å². The van der Waals surface area contributed by atoms with E-state index in [2.05, 4.69) is 0 Å². The number of benzene rings is 1. The third kappa shape index (κ3) is 4.72. The fourth-order valence-electron chi connectivity index (χ4n) is 2.49. The number of amides is 1. The number of ether oxygens (including phenoxy) is 1. The molecule has 1 aromatic heterocycles. The maximum absolute atomic E-state index is 12.2. The summed E-state index contributed by atoms with van der Waals surface area (Å²) in [5.74, 6) is -0.0853. The summed E-state index contributed by atoms with van der Waals surface area (Å²) in [5, 5.41) is 9.02. The van der Waals surface area contributed by atoms with E-state index in [1.807, 2.05) is 0 Å². The predicted molar refractivity (Wildman–Crippen MR) is 93.4 cm³/mol. The Bertz CT molecular complexity index is 806. The van der Waals surface area contributed by atoms with Gasteiger partial charge in [0.15, 0.2) is 5.78 Å². The molecule has 7 nitrogen and oxygen atoms in total. The first-order chi connectivity index (χ1) is 12.3. The molecule has 0 atom stereocenters. The fraction of sp³-hybridized carbons (Fsp3) is 0.316. The number of Topliss-reactive ketones (excluding diaryl/α,β-unsaturated/α-hetero) is 1. The van der Waals surface area contributed by atoms with E-state index in [0.29, 0.717) is 22.8 Å². The standard InChI is InChI=1S/C19H21NO6/c1-12-16(19(23)24)10-15(26-12)11-20(2)18(22)9-8-17(21)13-4-6-14(25-3)7-5-13/h4-7,10H,8-9,11H2,1-3H3,(H,23,24). The number of methoxy groups -OCH3 is 1. The van der Waals surface area contributed by atoms with Crippen molar-refractivity contribution in [3.63, 3.8) is 0 Å². The number of aromatic carboxylic acids is 1. The molecule has 1 aromatic carbocycles. The van der Waals surface area contributed by atoms with Crippen molar-refractivity contribution in [1.82, 2.24) is 4.90 Å². The minimum Gasteiger partial charge on any atom is -0.497 e. The molecular formula is C19H21NO6. The second-order valence-corrected chi connectivity index (χ2v) is 5.89. The molecule has 0 fully saturated rings. The first kappa shape index (κ1) is 19.2. The molecule has 138 valence electrons. The Balaban J connectivity index is 1.89. The van der Waals surface area contributed by atoms with Gasteiger partial charge in [0.05, 0.1) is 13.7 Å². The second-order valence-electron chi connectivity index (χ2n) is 5.89. The van der Waals surface area contributed by atoms with Crippen molar-refractivity contribution in [2.75, 3.05) is 14.2 Å². The highest BCUT2D eigenvalue weighted by Gasteiger charge is 2.18. The Kier molecular flexibility index (Phi) is 6.16. The van der Waals surface area contributed by atoms with E-state index in [9.17, 15) is 14.4 Å². The smallest absolute Gasteiger partial charge is 0.339 e. The average molecular weight is 359 g/mol. The molecule has 1 heterocycles. The van der Waals surface area contributed by atoms with E-state index in [1.165, 1.54) is 11.0 Å². The molecule has 0 aliphatic heterocycles. The molecule has 2 aromatic rings. The van der Waals surface area contributed by atoms with E-state index in [0.717, 1.165) is 0 Å². The summed E-state index contributed by atoms with van der Waals surface area (Å²) in [4.78, 5) is 36.8.